The molecule has 0 aromatic heterocycles. The van der Waals surface area contributed by atoms with Crippen molar-refractivity contribution in [3.63, 3.8) is 0 Å². The van der Waals surface area contributed by atoms with Crippen LogP contribution in [0.2, 0.25) is 0 Å². The zero-order valence-corrected chi connectivity index (χ0v) is 14.0. The van der Waals surface area contributed by atoms with Crippen molar-refractivity contribution >= 4 is 12.6 Å². The monoisotopic (exact) mass is 302 g/mol. The van der Waals surface area contributed by atoms with Gasteiger partial charge < -0.3 is 14.2 Å². The Morgan fingerprint density at radius 3 is 2.45 bits per heavy atom. The van der Waals surface area contributed by atoms with Crippen molar-refractivity contribution in [2.45, 2.75) is 20.4 Å². The predicted octanol–water partition coefficient (Wildman–Crippen LogP) is 1.20. The first-order valence-corrected chi connectivity index (χ1v) is 8.25. The fraction of sp³-hybridized carbons (Fsp3) is 0.647. The van der Waals surface area contributed by atoms with Crippen molar-refractivity contribution in [1.82, 2.24) is 9.80 Å². The third-order valence-electron chi connectivity index (χ3n) is 4.48. The number of hydrogen-bond donors (Lipinski definition) is 0. The summed E-state index contributed by atoms with van der Waals surface area (Å²) in [7, 11) is 1.98. The highest BCUT2D eigenvalue weighted by Gasteiger charge is 2.33. The Hall–Kier alpha value is -0.875. The van der Waals surface area contributed by atoms with Crippen LogP contribution in [-0.4, -0.2) is 63.4 Å². The molecular weight excluding hydrogens is 275 g/mol. The van der Waals surface area contributed by atoms with Crippen LogP contribution in [0.4, 0.5) is 0 Å². The van der Waals surface area contributed by atoms with Crippen molar-refractivity contribution in [2.24, 2.45) is 5.41 Å². The average Bonchev–Trinajstić information content (AvgIpc) is 2.50. The first kappa shape index (κ1) is 16.0. The van der Waals surface area contributed by atoms with Gasteiger partial charge in [-0.25, -0.2) is 0 Å². The SMILES string of the molecule is CN1CCN(Cc2cccc(B3OCC(C)(C)CO3)c2)CC1. The van der Waals surface area contributed by atoms with E-state index in [1.807, 2.05) is 0 Å². The molecule has 2 fully saturated rings. The van der Waals surface area contributed by atoms with Gasteiger partial charge in [0.2, 0.25) is 0 Å². The molecular formula is C17H27BN2O2. The summed E-state index contributed by atoms with van der Waals surface area (Å²) in [6, 6.07) is 8.67. The van der Waals surface area contributed by atoms with E-state index in [9.17, 15) is 0 Å². The highest BCUT2D eigenvalue weighted by atomic mass is 16.6. The van der Waals surface area contributed by atoms with Gasteiger partial charge in [-0.1, -0.05) is 38.1 Å². The Morgan fingerprint density at radius 2 is 1.77 bits per heavy atom. The van der Waals surface area contributed by atoms with Crippen molar-refractivity contribution in [1.29, 1.82) is 0 Å². The number of benzene rings is 1. The minimum Gasteiger partial charge on any atom is -0.407 e. The third-order valence-corrected chi connectivity index (χ3v) is 4.48. The number of nitrogens with zero attached hydrogens (tertiary/aromatic N) is 2. The van der Waals surface area contributed by atoms with Gasteiger partial charge in [0, 0.05) is 51.4 Å². The Kier molecular flexibility index (Phi) is 4.88. The van der Waals surface area contributed by atoms with Crippen LogP contribution in [0.1, 0.15) is 19.4 Å². The summed E-state index contributed by atoms with van der Waals surface area (Å²) in [6.45, 7) is 11.5. The Labute approximate surface area is 134 Å². The lowest BCUT2D eigenvalue weighted by Crippen LogP contribution is -2.47. The summed E-state index contributed by atoms with van der Waals surface area (Å²) < 4.78 is 11.8. The minimum absolute atomic E-state index is 0.119. The molecule has 2 aliphatic heterocycles. The van der Waals surface area contributed by atoms with E-state index < -0.39 is 0 Å². The molecule has 5 heteroatoms. The molecule has 0 unspecified atom stereocenters. The van der Waals surface area contributed by atoms with Crippen LogP contribution in [0.3, 0.4) is 0 Å². The lowest BCUT2D eigenvalue weighted by molar-refractivity contribution is 0.0343. The van der Waals surface area contributed by atoms with Gasteiger partial charge in [-0.3, -0.25) is 4.90 Å². The van der Waals surface area contributed by atoms with Gasteiger partial charge in [-0.05, 0) is 18.1 Å². The molecule has 1 aromatic carbocycles. The van der Waals surface area contributed by atoms with Gasteiger partial charge in [0.05, 0.1) is 0 Å². The van der Waals surface area contributed by atoms with Gasteiger partial charge in [0.1, 0.15) is 0 Å². The molecule has 0 bridgehead atoms. The van der Waals surface area contributed by atoms with Gasteiger partial charge in [-0.15, -0.1) is 0 Å². The summed E-state index contributed by atoms with van der Waals surface area (Å²) >= 11 is 0. The van der Waals surface area contributed by atoms with E-state index in [0.29, 0.717) is 0 Å². The molecule has 0 spiro atoms. The highest BCUT2D eigenvalue weighted by Crippen LogP contribution is 2.21. The summed E-state index contributed by atoms with van der Waals surface area (Å²) in [5.74, 6) is 0. The normalized spacial score (nSPS) is 23.7. The van der Waals surface area contributed by atoms with Gasteiger partial charge in [-0.2, -0.15) is 0 Å². The molecule has 2 heterocycles. The van der Waals surface area contributed by atoms with Crippen molar-refractivity contribution in [3.05, 3.63) is 29.8 Å². The molecule has 0 amide bonds. The van der Waals surface area contributed by atoms with Crippen LogP contribution in [0.25, 0.3) is 0 Å². The Bertz CT molecular complexity index is 491. The fourth-order valence-corrected chi connectivity index (χ4v) is 2.99. The Morgan fingerprint density at radius 1 is 1.09 bits per heavy atom. The largest absolute Gasteiger partial charge is 0.493 e. The maximum Gasteiger partial charge on any atom is 0.493 e. The van der Waals surface area contributed by atoms with Crippen LogP contribution in [-0.2, 0) is 15.9 Å². The smallest absolute Gasteiger partial charge is 0.407 e. The van der Waals surface area contributed by atoms with Crippen LogP contribution in [0.5, 0.6) is 0 Å². The molecule has 0 atom stereocenters. The molecule has 0 N–H and O–H groups in total. The van der Waals surface area contributed by atoms with Gasteiger partial charge >= 0.3 is 7.12 Å². The molecule has 1 aromatic rings. The molecule has 120 valence electrons. The maximum absolute atomic E-state index is 5.90. The van der Waals surface area contributed by atoms with Gasteiger partial charge in [0.15, 0.2) is 0 Å². The Balaban J connectivity index is 1.60. The second-order valence-electron chi connectivity index (χ2n) is 7.44. The maximum atomic E-state index is 5.90. The second-order valence-corrected chi connectivity index (χ2v) is 7.44. The van der Waals surface area contributed by atoms with Gasteiger partial charge in [0.25, 0.3) is 0 Å². The number of hydrogen-bond acceptors (Lipinski definition) is 4. The van der Waals surface area contributed by atoms with E-state index >= 15 is 0 Å². The van der Waals surface area contributed by atoms with E-state index in [-0.39, 0.29) is 12.5 Å². The van der Waals surface area contributed by atoms with Crippen molar-refractivity contribution < 1.29 is 9.31 Å². The standard InChI is InChI=1S/C17H27BN2O2/c1-17(2)13-21-18(22-14-17)16-6-4-5-15(11-16)12-20-9-7-19(3)8-10-20/h4-6,11H,7-10,12-14H2,1-3H3. The number of likely N-dealkylation sites (N-methyl/N-ethyl adjacent to an activating group) is 1. The zero-order valence-electron chi connectivity index (χ0n) is 14.0. The topological polar surface area (TPSA) is 24.9 Å². The lowest BCUT2D eigenvalue weighted by atomic mass is 9.75. The first-order chi connectivity index (χ1) is 10.5. The molecule has 0 aliphatic carbocycles. The summed E-state index contributed by atoms with van der Waals surface area (Å²) in [5.41, 5.74) is 2.61. The van der Waals surface area contributed by atoms with Crippen LogP contribution in [0, 0.1) is 5.41 Å². The first-order valence-electron chi connectivity index (χ1n) is 8.25. The van der Waals surface area contributed by atoms with Crippen LogP contribution < -0.4 is 5.46 Å². The van der Waals surface area contributed by atoms with E-state index in [2.05, 4.69) is 55.0 Å². The highest BCUT2D eigenvalue weighted by molar-refractivity contribution is 6.61. The minimum atomic E-state index is -0.208. The molecule has 2 aliphatic rings. The van der Waals surface area contributed by atoms with Crippen molar-refractivity contribution in [2.75, 3.05) is 46.4 Å². The fourth-order valence-electron chi connectivity index (χ4n) is 2.99. The van der Waals surface area contributed by atoms with E-state index in [1.165, 1.54) is 5.56 Å². The molecule has 22 heavy (non-hydrogen) atoms. The summed E-state index contributed by atoms with van der Waals surface area (Å²) in [6.07, 6.45) is 0. The number of piperazine rings is 1. The van der Waals surface area contributed by atoms with E-state index in [1.54, 1.807) is 0 Å². The second kappa shape index (κ2) is 6.71. The molecule has 0 radical (unpaired) electrons. The summed E-state index contributed by atoms with van der Waals surface area (Å²) in [5, 5.41) is 0. The number of rotatable bonds is 3. The van der Waals surface area contributed by atoms with Crippen molar-refractivity contribution in [3.8, 4) is 0 Å². The average molecular weight is 302 g/mol. The lowest BCUT2D eigenvalue weighted by Gasteiger charge is -2.33. The molecule has 4 nitrogen and oxygen atoms in total. The zero-order chi connectivity index (χ0) is 15.6. The van der Waals surface area contributed by atoms with Crippen LogP contribution in [0.15, 0.2) is 24.3 Å². The van der Waals surface area contributed by atoms with E-state index in [4.69, 9.17) is 9.31 Å². The quantitative estimate of drug-likeness (QED) is 0.784. The van der Waals surface area contributed by atoms with E-state index in [0.717, 1.165) is 51.4 Å². The third kappa shape index (κ3) is 4.10. The molecule has 2 saturated heterocycles. The predicted molar refractivity (Wildman–Crippen MR) is 90.3 cm³/mol. The molecule has 3 rings (SSSR count). The molecule has 0 saturated carbocycles. The van der Waals surface area contributed by atoms with Crippen LogP contribution >= 0.6 is 0 Å². The summed E-state index contributed by atoms with van der Waals surface area (Å²) in [4.78, 5) is 4.91.